The molecule has 11 heavy (non-hydrogen) atoms. The summed E-state index contributed by atoms with van der Waals surface area (Å²) in [7, 11) is 0. The van der Waals surface area contributed by atoms with Gasteiger partial charge in [-0.2, -0.15) is 0 Å². The second-order valence-corrected chi connectivity index (χ2v) is 4.74. The number of fused-ring (bicyclic) bond motifs is 1. The summed E-state index contributed by atoms with van der Waals surface area (Å²) < 4.78 is 0. The zero-order chi connectivity index (χ0) is 7.84. The maximum absolute atomic E-state index is 9.70. The molecule has 0 amide bonds. The zero-order valence-corrected chi connectivity index (χ0v) is 8.13. The Morgan fingerprint density at radius 1 is 1.36 bits per heavy atom. The maximum Gasteiger partial charge on any atom is 0.0832 e. The van der Waals surface area contributed by atoms with E-state index in [2.05, 4.69) is 20.8 Å². The van der Waals surface area contributed by atoms with Crippen molar-refractivity contribution in [2.75, 3.05) is 13.1 Å². The van der Waals surface area contributed by atoms with Gasteiger partial charge in [-0.05, 0) is 19.4 Å². The molecular weight excluding hydrogens is 206 g/mol. The lowest BCUT2D eigenvalue weighted by molar-refractivity contribution is 0.0931. The average molecular weight is 220 g/mol. The van der Waals surface area contributed by atoms with Crippen molar-refractivity contribution in [2.24, 2.45) is 0 Å². The van der Waals surface area contributed by atoms with Gasteiger partial charge in [0.1, 0.15) is 0 Å². The summed E-state index contributed by atoms with van der Waals surface area (Å²) >= 11 is 3.50. The SMILES string of the molecule is O[C@@H]1[C@@H](Br)CN2CCCC[C@@H]12. The Labute approximate surface area is 75.7 Å². The van der Waals surface area contributed by atoms with Crippen molar-refractivity contribution < 1.29 is 5.11 Å². The quantitative estimate of drug-likeness (QED) is 0.615. The van der Waals surface area contributed by atoms with Gasteiger partial charge in [0.05, 0.1) is 10.9 Å². The van der Waals surface area contributed by atoms with E-state index in [1.807, 2.05) is 0 Å². The van der Waals surface area contributed by atoms with Crippen LogP contribution in [0.2, 0.25) is 0 Å². The maximum atomic E-state index is 9.70. The Morgan fingerprint density at radius 2 is 2.18 bits per heavy atom. The summed E-state index contributed by atoms with van der Waals surface area (Å²) in [6, 6.07) is 0.452. The lowest BCUT2D eigenvalue weighted by Gasteiger charge is -2.30. The molecule has 2 saturated heterocycles. The van der Waals surface area contributed by atoms with E-state index >= 15 is 0 Å². The fraction of sp³-hybridized carbons (Fsp3) is 1.00. The molecule has 2 aliphatic rings. The summed E-state index contributed by atoms with van der Waals surface area (Å²) in [6.07, 6.45) is 3.65. The molecule has 0 spiro atoms. The minimum atomic E-state index is -0.129. The van der Waals surface area contributed by atoms with Gasteiger partial charge >= 0.3 is 0 Å². The number of aliphatic hydroxyl groups is 1. The highest BCUT2D eigenvalue weighted by Gasteiger charge is 2.39. The molecule has 2 heterocycles. The molecule has 64 valence electrons. The number of hydrogen-bond donors (Lipinski definition) is 1. The molecule has 2 aliphatic heterocycles. The molecule has 0 radical (unpaired) electrons. The van der Waals surface area contributed by atoms with E-state index in [4.69, 9.17) is 0 Å². The topological polar surface area (TPSA) is 23.5 Å². The van der Waals surface area contributed by atoms with Crippen molar-refractivity contribution >= 4 is 15.9 Å². The molecule has 3 heteroatoms. The van der Waals surface area contributed by atoms with E-state index in [1.54, 1.807) is 0 Å². The van der Waals surface area contributed by atoms with Gasteiger partial charge in [-0.15, -0.1) is 0 Å². The van der Waals surface area contributed by atoms with Crippen molar-refractivity contribution in [3.63, 3.8) is 0 Å². The molecule has 0 bridgehead atoms. The van der Waals surface area contributed by atoms with E-state index in [1.165, 1.54) is 25.8 Å². The van der Waals surface area contributed by atoms with Crippen LogP contribution in [0.5, 0.6) is 0 Å². The monoisotopic (exact) mass is 219 g/mol. The predicted octanol–water partition coefficient (Wildman–Crippen LogP) is 0.979. The number of aliphatic hydroxyl groups excluding tert-OH is 1. The van der Waals surface area contributed by atoms with Crippen molar-refractivity contribution in [1.82, 2.24) is 4.90 Å². The van der Waals surface area contributed by atoms with Gasteiger partial charge in [0.25, 0.3) is 0 Å². The van der Waals surface area contributed by atoms with Crippen LogP contribution in [0.15, 0.2) is 0 Å². The first-order valence-corrected chi connectivity index (χ1v) is 5.27. The number of nitrogens with zero attached hydrogens (tertiary/aromatic N) is 1. The summed E-state index contributed by atoms with van der Waals surface area (Å²) in [6.45, 7) is 2.22. The summed E-state index contributed by atoms with van der Waals surface area (Å²) in [4.78, 5) is 2.72. The van der Waals surface area contributed by atoms with Crippen molar-refractivity contribution in [1.29, 1.82) is 0 Å². The van der Waals surface area contributed by atoms with Crippen LogP contribution in [-0.4, -0.2) is 40.1 Å². The Balaban J connectivity index is 2.05. The van der Waals surface area contributed by atoms with E-state index in [9.17, 15) is 5.11 Å². The lowest BCUT2D eigenvalue weighted by atomic mass is 10.0. The fourth-order valence-electron chi connectivity index (χ4n) is 2.20. The van der Waals surface area contributed by atoms with Crippen molar-refractivity contribution in [3.8, 4) is 0 Å². The van der Waals surface area contributed by atoms with Crippen molar-refractivity contribution in [2.45, 2.75) is 36.2 Å². The minimum Gasteiger partial charge on any atom is -0.390 e. The number of alkyl halides is 1. The molecule has 2 fully saturated rings. The van der Waals surface area contributed by atoms with Gasteiger partial charge in [-0.1, -0.05) is 22.4 Å². The highest BCUT2D eigenvalue weighted by Crippen LogP contribution is 2.30. The largest absolute Gasteiger partial charge is 0.390 e. The van der Waals surface area contributed by atoms with Crippen LogP contribution in [-0.2, 0) is 0 Å². The van der Waals surface area contributed by atoms with E-state index in [-0.39, 0.29) is 6.10 Å². The van der Waals surface area contributed by atoms with Crippen LogP contribution in [0.4, 0.5) is 0 Å². The Morgan fingerprint density at radius 3 is 2.91 bits per heavy atom. The van der Waals surface area contributed by atoms with Gasteiger partial charge in [0.15, 0.2) is 0 Å². The molecule has 0 saturated carbocycles. The second kappa shape index (κ2) is 3.04. The average Bonchev–Trinajstić information content (AvgIpc) is 2.30. The number of hydrogen-bond acceptors (Lipinski definition) is 2. The third kappa shape index (κ3) is 1.34. The predicted molar refractivity (Wildman–Crippen MR) is 47.9 cm³/mol. The van der Waals surface area contributed by atoms with Gasteiger partial charge in [-0.3, -0.25) is 4.90 Å². The van der Waals surface area contributed by atoms with Gasteiger partial charge in [-0.25, -0.2) is 0 Å². The summed E-state index contributed by atoms with van der Waals surface area (Å²) in [5.41, 5.74) is 0. The molecule has 0 aromatic heterocycles. The van der Waals surface area contributed by atoms with E-state index < -0.39 is 0 Å². The van der Waals surface area contributed by atoms with Crippen molar-refractivity contribution in [3.05, 3.63) is 0 Å². The second-order valence-electron chi connectivity index (χ2n) is 3.56. The third-order valence-electron chi connectivity index (χ3n) is 2.84. The van der Waals surface area contributed by atoms with Crippen LogP contribution >= 0.6 is 15.9 Å². The fourth-order valence-corrected chi connectivity index (χ4v) is 2.93. The number of piperidine rings is 1. The molecule has 1 N–H and O–H groups in total. The Kier molecular flexibility index (Phi) is 2.21. The molecule has 3 atom stereocenters. The van der Waals surface area contributed by atoms with Crippen LogP contribution < -0.4 is 0 Å². The molecule has 2 nitrogen and oxygen atoms in total. The molecule has 0 aromatic rings. The van der Waals surface area contributed by atoms with Gasteiger partial charge < -0.3 is 5.11 Å². The van der Waals surface area contributed by atoms with Crippen LogP contribution in [0.25, 0.3) is 0 Å². The highest BCUT2D eigenvalue weighted by atomic mass is 79.9. The van der Waals surface area contributed by atoms with Gasteiger partial charge in [0.2, 0.25) is 0 Å². The minimum absolute atomic E-state index is 0.129. The summed E-state index contributed by atoms with van der Waals surface area (Å²) in [5, 5.41) is 9.70. The number of rotatable bonds is 0. The highest BCUT2D eigenvalue weighted by molar-refractivity contribution is 9.09. The van der Waals surface area contributed by atoms with E-state index in [0.29, 0.717) is 10.9 Å². The zero-order valence-electron chi connectivity index (χ0n) is 6.54. The van der Waals surface area contributed by atoms with Crippen LogP contribution in [0.1, 0.15) is 19.3 Å². The van der Waals surface area contributed by atoms with Crippen LogP contribution in [0.3, 0.4) is 0 Å². The molecular formula is C8H14BrNO. The smallest absolute Gasteiger partial charge is 0.0832 e. The number of halogens is 1. The molecule has 0 unspecified atom stereocenters. The lowest BCUT2D eigenvalue weighted by Crippen LogP contribution is -2.39. The first-order chi connectivity index (χ1) is 5.29. The summed E-state index contributed by atoms with van der Waals surface area (Å²) in [5.74, 6) is 0. The molecule has 0 aromatic carbocycles. The Bertz CT molecular complexity index is 153. The molecule has 0 aliphatic carbocycles. The molecule has 2 rings (SSSR count). The van der Waals surface area contributed by atoms with E-state index in [0.717, 1.165) is 6.54 Å². The van der Waals surface area contributed by atoms with Gasteiger partial charge in [0, 0.05) is 12.6 Å². The standard InChI is InChI=1S/C8H14BrNO/c9-6-5-10-4-2-1-3-7(10)8(6)11/h6-8,11H,1-5H2/t6-,7-,8+/m0/s1. The third-order valence-corrected chi connectivity index (χ3v) is 3.67. The van der Waals surface area contributed by atoms with Crippen LogP contribution in [0, 0.1) is 0 Å². The first kappa shape index (κ1) is 8.02. The normalized spacial score (nSPS) is 45.8. The first-order valence-electron chi connectivity index (χ1n) is 4.35. The Hall–Kier alpha value is 0.400.